The van der Waals surface area contributed by atoms with E-state index in [1.807, 2.05) is 41.9 Å². The van der Waals surface area contributed by atoms with E-state index < -0.39 is 0 Å². The lowest BCUT2D eigenvalue weighted by atomic mass is 9.87. The first-order chi connectivity index (χ1) is 13.7. The normalized spacial score (nSPS) is 12.6. The van der Waals surface area contributed by atoms with E-state index in [0.29, 0.717) is 5.16 Å². The van der Waals surface area contributed by atoms with E-state index in [1.54, 1.807) is 19.0 Å². The molecule has 0 radical (unpaired) electrons. The highest BCUT2D eigenvalue weighted by Crippen LogP contribution is 2.36. The first kappa shape index (κ1) is 21.1. The number of amides is 1. The van der Waals surface area contributed by atoms with E-state index in [4.69, 9.17) is 0 Å². The lowest BCUT2D eigenvalue weighted by molar-refractivity contribution is -0.128. The van der Waals surface area contributed by atoms with Crippen molar-refractivity contribution >= 4 is 17.7 Å². The minimum absolute atomic E-state index is 0.0280. The molecular weight excluding hydrogens is 380 g/mol. The molecular formula is C23H28N4OS. The SMILES string of the molecule is CN(C)C(=O)C(Sc1nnc(-c2ccc(C(C)(C)C)cc2)n1C)c1ccccc1. The van der Waals surface area contributed by atoms with Crippen molar-refractivity contribution in [3.8, 4) is 11.4 Å². The zero-order valence-corrected chi connectivity index (χ0v) is 18.7. The predicted octanol–water partition coefficient (Wildman–Crippen LogP) is 4.70. The van der Waals surface area contributed by atoms with Crippen LogP contribution in [0.2, 0.25) is 0 Å². The number of nitrogens with zero attached hydrogens (tertiary/aromatic N) is 4. The average molecular weight is 409 g/mol. The number of aromatic nitrogens is 3. The Morgan fingerprint density at radius 3 is 2.17 bits per heavy atom. The number of thioether (sulfide) groups is 1. The van der Waals surface area contributed by atoms with Crippen molar-refractivity contribution in [3.63, 3.8) is 0 Å². The van der Waals surface area contributed by atoms with Gasteiger partial charge in [-0.3, -0.25) is 4.79 Å². The number of hydrogen-bond donors (Lipinski definition) is 0. The molecule has 0 bridgehead atoms. The number of benzene rings is 2. The molecule has 0 aliphatic carbocycles. The number of rotatable bonds is 5. The van der Waals surface area contributed by atoms with Crippen LogP contribution in [-0.2, 0) is 17.3 Å². The minimum atomic E-state index is -0.370. The molecule has 29 heavy (non-hydrogen) atoms. The molecule has 0 N–H and O–H groups in total. The summed E-state index contributed by atoms with van der Waals surface area (Å²) in [6, 6.07) is 18.2. The van der Waals surface area contributed by atoms with Gasteiger partial charge in [0.1, 0.15) is 5.25 Å². The number of carbonyl (C=O) groups is 1. The average Bonchev–Trinajstić information content (AvgIpc) is 3.06. The smallest absolute Gasteiger partial charge is 0.240 e. The maximum Gasteiger partial charge on any atom is 0.240 e. The van der Waals surface area contributed by atoms with Gasteiger partial charge in [-0.15, -0.1) is 10.2 Å². The molecule has 2 aromatic carbocycles. The Kier molecular flexibility index (Phi) is 6.13. The van der Waals surface area contributed by atoms with Crippen molar-refractivity contribution in [2.45, 2.75) is 36.6 Å². The van der Waals surface area contributed by atoms with Crippen LogP contribution in [0.5, 0.6) is 0 Å². The van der Waals surface area contributed by atoms with Gasteiger partial charge >= 0.3 is 0 Å². The lowest BCUT2D eigenvalue weighted by Crippen LogP contribution is -2.26. The Bertz CT molecular complexity index is 972. The van der Waals surface area contributed by atoms with Crippen LogP contribution in [0.4, 0.5) is 0 Å². The standard InChI is InChI=1S/C23H28N4OS/c1-23(2,3)18-14-12-17(13-15-18)20-24-25-22(27(20)6)29-19(21(28)26(4)5)16-10-8-7-9-11-16/h7-15,19H,1-6H3. The minimum Gasteiger partial charge on any atom is -0.348 e. The summed E-state index contributed by atoms with van der Waals surface area (Å²) in [5.41, 5.74) is 3.35. The largest absolute Gasteiger partial charge is 0.348 e. The van der Waals surface area contributed by atoms with Crippen LogP contribution < -0.4 is 0 Å². The molecule has 0 spiro atoms. The summed E-state index contributed by atoms with van der Waals surface area (Å²) in [5.74, 6) is 0.817. The maximum absolute atomic E-state index is 12.8. The molecule has 0 aliphatic rings. The summed E-state index contributed by atoms with van der Waals surface area (Å²) >= 11 is 1.43. The Morgan fingerprint density at radius 1 is 1.00 bits per heavy atom. The topological polar surface area (TPSA) is 51.0 Å². The zero-order valence-electron chi connectivity index (χ0n) is 17.9. The molecule has 1 atom stereocenters. The van der Waals surface area contributed by atoms with Gasteiger partial charge < -0.3 is 9.47 Å². The van der Waals surface area contributed by atoms with Gasteiger partial charge in [-0.1, -0.05) is 87.1 Å². The predicted molar refractivity (Wildman–Crippen MR) is 119 cm³/mol. The lowest BCUT2D eigenvalue weighted by Gasteiger charge is -2.20. The molecule has 0 fully saturated rings. The van der Waals surface area contributed by atoms with Crippen molar-refractivity contribution in [3.05, 3.63) is 65.7 Å². The second-order valence-corrected chi connectivity index (χ2v) is 9.41. The molecule has 152 valence electrons. The van der Waals surface area contributed by atoms with Crippen LogP contribution in [-0.4, -0.2) is 39.7 Å². The van der Waals surface area contributed by atoms with Crippen LogP contribution in [0.1, 0.15) is 37.1 Å². The van der Waals surface area contributed by atoms with Crippen LogP contribution in [0.25, 0.3) is 11.4 Å². The fraction of sp³-hybridized carbons (Fsp3) is 0.348. The molecule has 3 rings (SSSR count). The van der Waals surface area contributed by atoms with E-state index in [1.165, 1.54) is 17.3 Å². The Balaban J connectivity index is 1.90. The first-order valence-corrected chi connectivity index (χ1v) is 10.5. The van der Waals surface area contributed by atoms with E-state index in [-0.39, 0.29) is 16.6 Å². The third-order valence-corrected chi connectivity index (χ3v) is 6.11. The van der Waals surface area contributed by atoms with E-state index in [9.17, 15) is 4.79 Å². The summed E-state index contributed by atoms with van der Waals surface area (Å²) in [7, 11) is 5.49. The van der Waals surface area contributed by atoms with Crippen LogP contribution in [0, 0.1) is 0 Å². The highest BCUT2D eigenvalue weighted by molar-refractivity contribution is 8.00. The van der Waals surface area contributed by atoms with Gasteiger partial charge in [0.05, 0.1) is 0 Å². The Hall–Kier alpha value is -2.60. The van der Waals surface area contributed by atoms with Gasteiger partial charge in [-0.05, 0) is 16.5 Å². The number of hydrogen-bond acceptors (Lipinski definition) is 4. The van der Waals surface area contributed by atoms with E-state index in [2.05, 4.69) is 55.2 Å². The Labute approximate surface area is 177 Å². The fourth-order valence-electron chi connectivity index (χ4n) is 3.02. The van der Waals surface area contributed by atoms with E-state index in [0.717, 1.165) is 17.0 Å². The number of carbonyl (C=O) groups excluding carboxylic acids is 1. The van der Waals surface area contributed by atoms with Crippen molar-refractivity contribution in [2.24, 2.45) is 7.05 Å². The van der Waals surface area contributed by atoms with Crippen molar-refractivity contribution in [2.75, 3.05) is 14.1 Å². The van der Waals surface area contributed by atoms with Crippen molar-refractivity contribution < 1.29 is 4.79 Å². The fourth-order valence-corrected chi connectivity index (χ4v) is 4.17. The molecule has 0 saturated heterocycles. The summed E-state index contributed by atoms with van der Waals surface area (Å²) < 4.78 is 1.95. The highest BCUT2D eigenvalue weighted by atomic mass is 32.2. The van der Waals surface area contributed by atoms with Crippen LogP contribution in [0.15, 0.2) is 59.8 Å². The van der Waals surface area contributed by atoms with Gasteiger partial charge in [0.25, 0.3) is 0 Å². The van der Waals surface area contributed by atoms with Crippen molar-refractivity contribution in [1.82, 2.24) is 19.7 Å². The van der Waals surface area contributed by atoms with Gasteiger partial charge in [-0.25, -0.2) is 0 Å². The third-order valence-electron chi connectivity index (χ3n) is 4.83. The maximum atomic E-state index is 12.8. The molecule has 1 aromatic heterocycles. The van der Waals surface area contributed by atoms with Crippen LogP contribution in [0.3, 0.4) is 0 Å². The zero-order chi connectivity index (χ0) is 21.2. The quantitative estimate of drug-likeness (QED) is 0.574. The molecule has 1 heterocycles. The van der Waals surface area contributed by atoms with E-state index >= 15 is 0 Å². The summed E-state index contributed by atoms with van der Waals surface area (Å²) in [4.78, 5) is 14.4. The van der Waals surface area contributed by atoms with Gasteiger partial charge in [0.15, 0.2) is 11.0 Å². The molecule has 1 unspecified atom stereocenters. The highest BCUT2D eigenvalue weighted by Gasteiger charge is 2.26. The molecule has 1 amide bonds. The molecule has 3 aromatic rings. The van der Waals surface area contributed by atoms with Gasteiger partial charge in [0.2, 0.25) is 5.91 Å². The molecule has 5 nitrogen and oxygen atoms in total. The van der Waals surface area contributed by atoms with Gasteiger partial charge in [-0.2, -0.15) is 0 Å². The number of likely N-dealkylation sites (N-methyl/N-ethyl adjacent to an activating group) is 1. The van der Waals surface area contributed by atoms with Crippen molar-refractivity contribution in [1.29, 1.82) is 0 Å². The molecule has 0 saturated carbocycles. The summed E-state index contributed by atoms with van der Waals surface area (Å²) in [5, 5.41) is 9.11. The first-order valence-electron chi connectivity index (χ1n) is 9.61. The molecule has 0 aliphatic heterocycles. The second kappa shape index (κ2) is 8.41. The summed E-state index contributed by atoms with van der Waals surface area (Å²) in [6.45, 7) is 6.60. The monoisotopic (exact) mass is 408 g/mol. The van der Waals surface area contributed by atoms with Crippen LogP contribution >= 0.6 is 11.8 Å². The summed E-state index contributed by atoms with van der Waals surface area (Å²) in [6.07, 6.45) is 0. The third kappa shape index (κ3) is 4.70. The Morgan fingerprint density at radius 2 is 1.62 bits per heavy atom. The van der Waals surface area contributed by atoms with Gasteiger partial charge in [0, 0.05) is 26.7 Å². The second-order valence-electron chi connectivity index (χ2n) is 8.33. The molecule has 6 heteroatoms.